The highest BCUT2D eigenvalue weighted by molar-refractivity contribution is 5.65. The Labute approximate surface area is 198 Å². The molecule has 3 saturated heterocycles. The minimum atomic E-state index is -1.86. The van der Waals surface area contributed by atoms with E-state index in [1.54, 1.807) is 0 Å². The van der Waals surface area contributed by atoms with Gasteiger partial charge >= 0.3 is 5.97 Å². The van der Waals surface area contributed by atoms with Crippen LogP contribution in [0.5, 0.6) is 0 Å². The standard InChI is InChI=1S/C19H32O16/c1-5(21)30-3-8-11(24)16(35-18-14(27)12(25)9(22)6(2-20)32-18)15(28)19(34-8)33-7-4-31-17(29)13(26)10(7)23/h6-20,22-29H,2-4H2,1H3/t6-,7-,8-,9+,10+,11+,12+,13-,14-,15-,16+,17-,18+,19-/m1/s1. The highest BCUT2D eigenvalue weighted by Crippen LogP contribution is 2.31. The minimum absolute atomic E-state index is 0.415. The Morgan fingerprint density at radius 3 is 2.03 bits per heavy atom. The molecule has 0 unspecified atom stereocenters. The normalized spacial score (nSPS) is 49.0. The summed E-state index contributed by atoms with van der Waals surface area (Å²) >= 11 is 0. The van der Waals surface area contributed by atoms with Gasteiger partial charge in [0, 0.05) is 6.92 Å². The average molecular weight is 516 g/mol. The molecule has 0 saturated carbocycles. The van der Waals surface area contributed by atoms with Crippen molar-refractivity contribution < 1.29 is 79.2 Å². The van der Waals surface area contributed by atoms with E-state index in [0.717, 1.165) is 6.92 Å². The number of hydrogen-bond donors (Lipinski definition) is 9. The summed E-state index contributed by atoms with van der Waals surface area (Å²) < 4.78 is 31.5. The maximum atomic E-state index is 11.2. The van der Waals surface area contributed by atoms with Crippen molar-refractivity contribution in [3.63, 3.8) is 0 Å². The van der Waals surface area contributed by atoms with Crippen LogP contribution < -0.4 is 0 Å². The topological polar surface area (TPSA) is 255 Å². The van der Waals surface area contributed by atoms with E-state index in [2.05, 4.69) is 0 Å². The van der Waals surface area contributed by atoms with E-state index in [0.29, 0.717) is 0 Å². The molecule has 0 aromatic rings. The second-order valence-corrected chi connectivity index (χ2v) is 8.50. The van der Waals surface area contributed by atoms with E-state index in [4.69, 9.17) is 28.4 Å². The number of hydrogen-bond acceptors (Lipinski definition) is 16. The number of esters is 1. The molecule has 3 fully saturated rings. The van der Waals surface area contributed by atoms with Crippen LogP contribution in [0.1, 0.15) is 6.92 Å². The minimum Gasteiger partial charge on any atom is -0.463 e. The first-order valence-electron chi connectivity index (χ1n) is 10.9. The second kappa shape index (κ2) is 12.0. The van der Waals surface area contributed by atoms with E-state index < -0.39 is 112 Å². The van der Waals surface area contributed by atoms with E-state index >= 15 is 0 Å². The monoisotopic (exact) mass is 516 g/mol. The van der Waals surface area contributed by atoms with Gasteiger partial charge in [0.25, 0.3) is 0 Å². The molecule has 0 aromatic carbocycles. The Balaban J connectivity index is 1.78. The molecular weight excluding hydrogens is 484 g/mol. The van der Waals surface area contributed by atoms with Gasteiger partial charge in [0.05, 0.1) is 13.2 Å². The summed E-state index contributed by atoms with van der Waals surface area (Å²) in [7, 11) is 0. The molecule has 16 nitrogen and oxygen atoms in total. The summed E-state index contributed by atoms with van der Waals surface area (Å²) in [5.41, 5.74) is 0. The van der Waals surface area contributed by atoms with E-state index in [1.165, 1.54) is 0 Å². The lowest BCUT2D eigenvalue weighted by Gasteiger charge is -2.47. The molecule has 3 heterocycles. The van der Waals surface area contributed by atoms with Crippen molar-refractivity contribution in [3.8, 4) is 0 Å². The Morgan fingerprint density at radius 2 is 1.40 bits per heavy atom. The molecular formula is C19H32O16. The van der Waals surface area contributed by atoms with Crippen LogP contribution in [0.15, 0.2) is 0 Å². The predicted octanol–water partition coefficient (Wildman–Crippen LogP) is -6.36. The Bertz CT molecular complexity index is 694. The third-order valence-electron chi connectivity index (χ3n) is 6.00. The molecule has 16 heteroatoms. The van der Waals surface area contributed by atoms with Gasteiger partial charge in [-0.25, -0.2) is 0 Å². The lowest BCUT2D eigenvalue weighted by molar-refractivity contribution is -0.372. The molecule has 0 amide bonds. The first-order chi connectivity index (χ1) is 16.5. The summed E-state index contributed by atoms with van der Waals surface area (Å²) in [6.45, 7) is -0.593. The summed E-state index contributed by atoms with van der Waals surface area (Å²) in [6.07, 6.45) is -23.1. The van der Waals surface area contributed by atoms with Crippen LogP contribution in [0.2, 0.25) is 0 Å². The number of carbonyl (C=O) groups excluding carboxylic acids is 1. The van der Waals surface area contributed by atoms with Gasteiger partial charge < -0.3 is 74.4 Å². The van der Waals surface area contributed by atoms with Crippen LogP contribution in [0.4, 0.5) is 0 Å². The molecule has 3 rings (SSSR count). The van der Waals surface area contributed by atoms with Crippen molar-refractivity contribution in [2.24, 2.45) is 0 Å². The van der Waals surface area contributed by atoms with Crippen LogP contribution in [-0.4, -0.2) is 158 Å². The predicted molar refractivity (Wildman–Crippen MR) is 105 cm³/mol. The van der Waals surface area contributed by atoms with Crippen molar-refractivity contribution >= 4 is 5.97 Å². The average Bonchev–Trinajstić information content (AvgIpc) is 2.82. The third kappa shape index (κ3) is 6.25. The number of aliphatic hydroxyl groups is 9. The second-order valence-electron chi connectivity index (χ2n) is 8.50. The highest BCUT2D eigenvalue weighted by atomic mass is 16.7. The molecule has 9 N–H and O–H groups in total. The van der Waals surface area contributed by atoms with Crippen LogP contribution >= 0.6 is 0 Å². The van der Waals surface area contributed by atoms with Crippen LogP contribution in [0.3, 0.4) is 0 Å². The first kappa shape index (κ1) is 28.5. The fourth-order valence-electron chi connectivity index (χ4n) is 3.92. The smallest absolute Gasteiger partial charge is 0.302 e. The Hall–Kier alpha value is -1.09. The van der Waals surface area contributed by atoms with E-state index in [9.17, 15) is 50.8 Å². The number of aliphatic hydroxyl groups excluding tert-OH is 9. The zero-order chi connectivity index (χ0) is 26.0. The van der Waals surface area contributed by atoms with Gasteiger partial charge in [-0.05, 0) is 0 Å². The third-order valence-corrected chi connectivity index (χ3v) is 6.00. The Kier molecular flexibility index (Phi) is 9.74. The molecule has 3 aliphatic heterocycles. The number of ether oxygens (including phenoxy) is 6. The molecule has 204 valence electrons. The fourth-order valence-corrected chi connectivity index (χ4v) is 3.92. The summed E-state index contributed by atoms with van der Waals surface area (Å²) in [6, 6.07) is 0. The van der Waals surface area contributed by atoms with Crippen LogP contribution in [0.25, 0.3) is 0 Å². The van der Waals surface area contributed by atoms with E-state index in [-0.39, 0.29) is 0 Å². The largest absolute Gasteiger partial charge is 0.463 e. The fraction of sp³-hybridized carbons (Fsp3) is 0.947. The van der Waals surface area contributed by atoms with Gasteiger partial charge in [-0.15, -0.1) is 0 Å². The summed E-state index contributed by atoms with van der Waals surface area (Å²) in [5.74, 6) is -0.719. The van der Waals surface area contributed by atoms with Gasteiger partial charge in [0.2, 0.25) is 0 Å². The van der Waals surface area contributed by atoms with Crippen LogP contribution in [-0.2, 0) is 33.2 Å². The molecule has 14 atom stereocenters. The van der Waals surface area contributed by atoms with Gasteiger partial charge in [-0.2, -0.15) is 0 Å². The number of rotatable bonds is 7. The molecule has 0 bridgehead atoms. The SMILES string of the molecule is CC(=O)OC[C@H]1O[C@@H](O[C@@H]2CO[C@@H](O)[C@H](O)[C@H]2O)[C@H](O)[C@@H](O[C@@H]2O[C@H](CO)[C@H](O)[C@H](O)[C@H]2O)[C@H]1O. The van der Waals surface area contributed by atoms with Crippen molar-refractivity contribution in [2.45, 2.75) is 92.9 Å². The van der Waals surface area contributed by atoms with Crippen molar-refractivity contribution in [3.05, 3.63) is 0 Å². The molecule has 0 aromatic heterocycles. The zero-order valence-electron chi connectivity index (χ0n) is 18.6. The molecule has 0 radical (unpaired) electrons. The lowest BCUT2D eigenvalue weighted by Crippen LogP contribution is -2.66. The number of carbonyl (C=O) groups is 1. The first-order valence-corrected chi connectivity index (χ1v) is 10.9. The molecule has 3 aliphatic rings. The lowest BCUT2D eigenvalue weighted by atomic mass is 9.96. The summed E-state index contributed by atoms with van der Waals surface area (Å²) in [5, 5.41) is 90.5. The highest BCUT2D eigenvalue weighted by Gasteiger charge is 2.52. The van der Waals surface area contributed by atoms with Crippen LogP contribution in [0, 0.1) is 0 Å². The Morgan fingerprint density at radius 1 is 0.771 bits per heavy atom. The van der Waals surface area contributed by atoms with Crippen molar-refractivity contribution in [2.75, 3.05) is 19.8 Å². The van der Waals surface area contributed by atoms with Crippen molar-refractivity contribution in [1.82, 2.24) is 0 Å². The summed E-state index contributed by atoms with van der Waals surface area (Å²) in [4.78, 5) is 11.2. The zero-order valence-corrected chi connectivity index (χ0v) is 18.6. The van der Waals surface area contributed by atoms with Gasteiger partial charge in [0.1, 0.15) is 73.8 Å². The van der Waals surface area contributed by atoms with E-state index in [1.807, 2.05) is 0 Å². The molecule has 0 aliphatic carbocycles. The van der Waals surface area contributed by atoms with Gasteiger partial charge in [-0.1, -0.05) is 0 Å². The molecule has 35 heavy (non-hydrogen) atoms. The van der Waals surface area contributed by atoms with Gasteiger partial charge in [-0.3, -0.25) is 4.79 Å². The van der Waals surface area contributed by atoms with Gasteiger partial charge in [0.15, 0.2) is 18.9 Å². The van der Waals surface area contributed by atoms with Crippen molar-refractivity contribution in [1.29, 1.82) is 0 Å². The maximum Gasteiger partial charge on any atom is 0.302 e. The maximum absolute atomic E-state index is 11.2. The molecule has 0 spiro atoms. The quantitative estimate of drug-likeness (QED) is 0.143.